The maximum Gasteiger partial charge on any atom is 0.142 e. The molecule has 13 heavy (non-hydrogen) atoms. The van der Waals surface area contributed by atoms with Crippen LogP contribution in [0, 0.1) is 6.42 Å². The molecule has 1 aromatic carbocycles. The van der Waals surface area contributed by atoms with Crippen LogP contribution in [0.3, 0.4) is 0 Å². The van der Waals surface area contributed by atoms with Gasteiger partial charge in [0.1, 0.15) is 11.4 Å². The molecule has 0 aromatic heterocycles. The van der Waals surface area contributed by atoms with Crippen LogP contribution in [0.5, 0.6) is 5.75 Å². The first-order valence-electron chi connectivity index (χ1n) is 4.39. The Hall–Kier alpha value is -0.690. The van der Waals surface area contributed by atoms with Crippen LogP contribution in [-0.2, 0) is 0 Å². The quantitative estimate of drug-likeness (QED) is 0.616. The van der Waals surface area contributed by atoms with Crippen LogP contribution in [-0.4, -0.2) is 5.60 Å². The van der Waals surface area contributed by atoms with E-state index < -0.39 is 0 Å². The van der Waals surface area contributed by atoms with Gasteiger partial charge >= 0.3 is 0 Å². The molecule has 0 fully saturated rings. The standard InChI is InChI=1S/C11H12ClO/c1-11(2)7-6-8-4-3-5-9(12)10(8)13-11/h3-6H,7H2,1-2H3. The van der Waals surface area contributed by atoms with Gasteiger partial charge in [0.05, 0.1) is 5.02 Å². The zero-order valence-corrected chi connectivity index (χ0v) is 8.56. The predicted octanol–water partition coefficient (Wildman–Crippen LogP) is 3.45. The van der Waals surface area contributed by atoms with Gasteiger partial charge in [0.25, 0.3) is 0 Å². The van der Waals surface area contributed by atoms with E-state index in [0.717, 1.165) is 17.7 Å². The zero-order valence-electron chi connectivity index (χ0n) is 7.80. The lowest BCUT2D eigenvalue weighted by atomic mass is 9.94. The van der Waals surface area contributed by atoms with Crippen LogP contribution in [0.4, 0.5) is 0 Å². The molecular formula is C11H12ClO. The molecule has 69 valence electrons. The van der Waals surface area contributed by atoms with Gasteiger partial charge in [-0.15, -0.1) is 0 Å². The molecule has 1 heterocycles. The lowest BCUT2D eigenvalue weighted by molar-refractivity contribution is 0.0989. The van der Waals surface area contributed by atoms with Crippen molar-refractivity contribution in [2.45, 2.75) is 25.9 Å². The average molecular weight is 196 g/mol. The molecule has 2 heteroatoms. The minimum Gasteiger partial charge on any atom is -0.486 e. The van der Waals surface area contributed by atoms with Gasteiger partial charge in [-0.05, 0) is 38.3 Å². The summed E-state index contributed by atoms with van der Waals surface area (Å²) < 4.78 is 5.79. The van der Waals surface area contributed by atoms with Crippen molar-refractivity contribution in [2.75, 3.05) is 0 Å². The molecule has 1 aliphatic rings. The van der Waals surface area contributed by atoms with Gasteiger partial charge in [-0.25, -0.2) is 0 Å². The summed E-state index contributed by atoms with van der Waals surface area (Å²) in [4.78, 5) is 0. The summed E-state index contributed by atoms with van der Waals surface area (Å²) in [5.74, 6) is 0.820. The summed E-state index contributed by atoms with van der Waals surface area (Å²) in [6, 6.07) is 5.82. The number of halogens is 1. The second-order valence-corrected chi connectivity index (χ2v) is 4.34. The molecule has 0 amide bonds. The topological polar surface area (TPSA) is 9.23 Å². The first-order valence-corrected chi connectivity index (χ1v) is 4.77. The van der Waals surface area contributed by atoms with E-state index in [4.69, 9.17) is 16.3 Å². The van der Waals surface area contributed by atoms with Crippen molar-refractivity contribution >= 4 is 11.6 Å². The number of ether oxygens (including phenoxy) is 1. The molecule has 0 atom stereocenters. The van der Waals surface area contributed by atoms with Gasteiger partial charge < -0.3 is 4.74 Å². The molecule has 1 aromatic rings. The molecule has 0 saturated carbocycles. The average Bonchev–Trinajstić information content (AvgIpc) is 2.06. The molecule has 0 saturated heterocycles. The largest absolute Gasteiger partial charge is 0.486 e. The fraction of sp³-hybridized carbons (Fsp3) is 0.364. The predicted molar refractivity (Wildman–Crippen MR) is 54.2 cm³/mol. The van der Waals surface area contributed by atoms with Crippen LogP contribution in [0.25, 0.3) is 0 Å². The van der Waals surface area contributed by atoms with Gasteiger partial charge in [0.2, 0.25) is 0 Å². The Morgan fingerprint density at radius 2 is 2.15 bits per heavy atom. The molecule has 2 rings (SSSR count). The molecule has 0 aliphatic carbocycles. The number of hydrogen-bond acceptors (Lipinski definition) is 1. The molecule has 0 N–H and O–H groups in total. The molecule has 1 aliphatic heterocycles. The van der Waals surface area contributed by atoms with Crippen molar-refractivity contribution in [3.63, 3.8) is 0 Å². The van der Waals surface area contributed by atoms with E-state index in [2.05, 4.69) is 20.3 Å². The first-order chi connectivity index (χ1) is 6.08. The van der Waals surface area contributed by atoms with Crippen LogP contribution >= 0.6 is 11.6 Å². The summed E-state index contributed by atoms with van der Waals surface area (Å²) in [5.41, 5.74) is 0.977. The highest BCUT2D eigenvalue weighted by Gasteiger charge is 2.27. The summed E-state index contributed by atoms with van der Waals surface area (Å²) in [7, 11) is 0. The van der Waals surface area contributed by atoms with Gasteiger partial charge in [-0.3, -0.25) is 0 Å². The van der Waals surface area contributed by atoms with Crippen molar-refractivity contribution in [1.29, 1.82) is 0 Å². The van der Waals surface area contributed by atoms with Crippen LogP contribution in [0.2, 0.25) is 5.02 Å². The third kappa shape index (κ3) is 1.66. The third-order valence-corrected chi connectivity index (χ3v) is 2.49. The Morgan fingerprint density at radius 1 is 1.38 bits per heavy atom. The number of para-hydroxylation sites is 1. The second kappa shape index (κ2) is 2.91. The monoisotopic (exact) mass is 195 g/mol. The molecule has 1 nitrogen and oxygen atoms in total. The van der Waals surface area contributed by atoms with Crippen molar-refractivity contribution in [1.82, 2.24) is 0 Å². The van der Waals surface area contributed by atoms with Crippen LogP contribution in [0.15, 0.2) is 18.2 Å². The molecule has 0 bridgehead atoms. The molecular weight excluding hydrogens is 184 g/mol. The van der Waals surface area contributed by atoms with Crippen molar-refractivity contribution in [3.05, 3.63) is 35.2 Å². The smallest absolute Gasteiger partial charge is 0.142 e. The minimum atomic E-state index is -0.127. The Labute approximate surface area is 83.7 Å². The fourth-order valence-corrected chi connectivity index (χ4v) is 1.69. The van der Waals surface area contributed by atoms with Gasteiger partial charge in [0.15, 0.2) is 0 Å². The van der Waals surface area contributed by atoms with E-state index in [9.17, 15) is 0 Å². The molecule has 0 spiro atoms. The lowest BCUT2D eigenvalue weighted by Gasteiger charge is -2.32. The van der Waals surface area contributed by atoms with Crippen molar-refractivity contribution in [2.24, 2.45) is 0 Å². The van der Waals surface area contributed by atoms with E-state index in [1.54, 1.807) is 0 Å². The Morgan fingerprint density at radius 3 is 2.92 bits per heavy atom. The number of rotatable bonds is 0. The van der Waals surface area contributed by atoms with Gasteiger partial charge in [-0.1, -0.05) is 23.7 Å². The van der Waals surface area contributed by atoms with Crippen molar-refractivity contribution < 1.29 is 4.74 Å². The number of benzene rings is 1. The van der Waals surface area contributed by atoms with E-state index in [0.29, 0.717) is 5.02 Å². The summed E-state index contributed by atoms with van der Waals surface area (Å²) >= 11 is 6.02. The Kier molecular flexibility index (Phi) is 1.99. The van der Waals surface area contributed by atoms with Gasteiger partial charge in [0, 0.05) is 0 Å². The van der Waals surface area contributed by atoms with E-state index in [1.807, 2.05) is 18.2 Å². The van der Waals surface area contributed by atoms with Gasteiger partial charge in [-0.2, -0.15) is 0 Å². The number of hydrogen-bond donors (Lipinski definition) is 0. The lowest BCUT2D eigenvalue weighted by Crippen LogP contribution is -2.31. The molecule has 1 radical (unpaired) electrons. The Bertz CT molecular complexity index is 331. The Balaban J connectivity index is 2.44. The fourth-order valence-electron chi connectivity index (χ4n) is 1.47. The molecule has 0 unspecified atom stereocenters. The van der Waals surface area contributed by atoms with Crippen LogP contribution in [0.1, 0.15) is 25.8 Å². The van der Waals surface area contributed by atoms with E-state index >= 15 is 0 Å². The highest BCUT2D eigenvalue weighted by molar-refractivity contribution is 6.32. The van der Waals surface area contributed by atoms with E-state index in [1.165, 1.54) is 0 Å². The normalized spacial score (nSPS) is 19.0. The SMILES string of the molecule is CC1(C)C[CH]c2cccc(Cl)c2O1. The first kappa shape index (κ1) is 8.89. The second-order valence-electron chi connectivity index (χ2n) is 3.93. The third-order valence-electron chi connectivity index (χ3n) is 2.19. The van der Waals surface area contributed by atoms with Crippen molar-refractivity contribution in [3.8, 4) is 5.75 Å². The summed E-state index contributed by atoms with van der Waals surface area (Å²) in [6.45, 7) is 4.13. The van der Waals surface area contributed by atoms with E-state index in [-0.39, 0.29) is 5.60 Å². The zero-order chi connectivity index (χ0) is 9.47. The maximum atomic E-state index is 6.02. The highest BCUT2D eigenvalue weighted by Crippen LogP contribution is 2.38. The summed E-state index contributed by atoms with van der Waals surface area (Å²) in [6.07, 6.45) is 3.10. The summed E-state index contributed by atoms with van der Waals surface area (Å²) in [5, 5.41) is 0.696. The highest BCUT2D eigenvalue weighted by atomic mass is 35.5. The van der Waals surface area contributed by atoms with Crippen LogP contribution < -0.4 is 4.74 Å². The minimum absolute atomic E-state index is 0.127. The number of fused-ring (bicyclic) bond motifs is 1. The maximum absolute atomic E-state index is 6.02.